The maximum atomic E-state index is 12.5. The second-order valence-electron chi connectivity index (χ2n) is 8.61. The number of amides is 1. The summed E-state index contributed by atoms with van der Waals surface area (Å²) < 4.78 is 30.2. The van der Waals surface area contributed by atoms with Crippen LogP contribution in [0.2, 0.25) is 0 Å². The van der Waals surface area contributed by atoms with E-state index in [0.29, 0.717) is 24.9 Å². The molecule has 9 nitrogen and oxygen atoms in total. The van der Waals surface area contributed by atoms with Crippen LogP contribution < -0.4 is 5.32 Å². The van der Waals surface area contributed by atoms with Gasteiger partial charge in [0.25, 0.3) is 0 Å². The van der Waals surface area contributed by atoms with Crippen LogP contribution >= 0.6 is 0 Å². The molecule has 0 aliphatic rings. The molecule has 0 spiro atoms. The van der Waals surface area contributed by atoms with Gasteiger partial charge in [-0.3, -0.25) is 9.48 Å². The number of benzene rings is 1. The van der Waals surface area contributed by atoms with Gasteiger partial charge >= 0.3 is 0 Å². The second kappa shape index (κ2) is 10.9. The summed E-state index contributed by atoms with van der Waals surface area (Å²) in [5.41, 5.74) is 1.53. The monoisotopic (exact) mass is 474 g/mol. The van der Waals surface area contributed by atoms with Gasteiger partial charge in [-0.2, -0.15) is 5.10 Å². The molecule has 0 saturated carbocycles. The Morgan fingerprint density at radius 2 is 2.06 bits per heavy atom. The molecule has 0 saturated heterocycles. The van der Waals surface area contributed by atoms with Crippen LogP contribution in [0.3, 0.4) is 0 Å². The van der Waals surface area contributed by atoms with Crippen molar-refractivity contribution in [2.24, 2.45) is 5.92 Å². The molecule has 180 valence electrons. The van der Waals surface area contributed by atoms with Crippen LogP contribution in [-0.2, 0) is 34.3 Å². The summed E-state index contributed by atoms with van der Waals surface area (Å²) in [6.07, 6.45) is 6.48. The lowest BCUT2D eigenvalue weighted by atomic mass is 10.2. The minimum Gasteiger partial charge on any atom is -0.356 e. The first-order chi connectivity index (χ1) is 15.7. The second-order valence-corrected chi connectivity index (χ2v) is 10.8. The molecular weight excluding hydrogens is 440 g/mol. The molecule has 1 N–H and O–H groups in total. The van der Waals surface area contributed by atoms with E-state index in [1.807, 2.05) is 23.0 Å². The lowest BCUT2D eigenvalue weighted by Gasteiger charge is -2.13. The van der Waals surface area contributed by atoms with E-state index >= 15 is 0 Å². The van der Waals surface area contributed by atoms with E-state index in [9.17, 15) is 13.2 Å². The molecule has 0 radical (unpaired) electrons. The first-order valence-corrected chi connectivity index (χ1v) is 12.8. The van der Waals surface area contributed by atoms with Gasteiger partial charge < -0.3 is 9.88 Å². The van der Waals surface area contributed by atoms with Crippen molar-refractivity contribution in [3.8, 4) is 0 Å². The van der Waals surface area contributed by atoms with Crippen molar-refractivity contribution >= 4 is 27.0 Å². The summed E-state index contributed by atoms with van der Waals surface area (Å²) in [5.74, 6) is 1.05. The van der Waals surface area contributed by atoms with Crippen molar-refractivity contribution in [1.82, 2.24) is 29.0 Å². The third kappa shape index (κ3) is 6.20. The van der Waals surface area contributed by atoms with Gasteiger partial charge in [0.2, 0.25) is 15.9 Å². The van der Waals surface area contributed by atoms with Crippen LogP contribution in [0, 0.1) is 5.92 Å². The number of hydrogen-bond acceptors (Lipinski definition) is 5. The van der Waals surface area contributed by atoms with E-state index in [-0.39, 0.29) is 16.7 Å². The fourth-order valence-corrected chi connectivity index (χ4v) is 4.60. The number of sulfonamides is 1. The van der Waals surface area contributed by atoms with Gasteiger partial charge in [0, 0.05) is 59.0 Å². The molecule has 0 bridgehead atoms. The standard InChI is InChI=1S/C23H34N6O3S/c1-5-6-14-29-21-9-8-19(33(31,32)27(3)4)15-20(21)26-22(29)10-11-23(30)24-16-18(2)17-28-13-7-12-25-28/h7-9,12-13,15,18H,5-6,10-11,14,16-17H2,1-4H3,(H,24,30). The van der Waals surface area contributed by atoms with E-state index in [1.54, 1.807) is 18.3 Å². The van der Waals surface area contributed by atoms with Crippen LogP contribution in [0.1, 0.15) is 38.9 Å². The maximum absolute atomic E-state index is 12.5. The molecule has 0 aliphatic heterocycles. The van der Waals surface area contributed by atoms with Crippen molar-refractivity contribution in [2.45, 2.75) is 57.5 Å². The van der Waals surface area contributed by atoms with Crippen molar-refractivity contribution in [3.05, 3.63) is 42.5 Å². The first kappa shape index (κ1) is 24.9. The quantitative estimate of drug-likeness (QED) is 0.435. The van der Waals surface area contributed by atoms with E-state index < -0.39 is 10.0 Å². The summed E-state index contributed by atoms with van der Waals surface area (Å²) >= 11 is 0. The number of nitrogens with zero attached hydrogens (tertiary/aromatic N) is 5. The number of carbonyl (C=O) groups excluding carboxylic acids is 1. The van der Waals surface area contributed by atoms with Crippen LogP contribution in [0.5, 0.6) is 0 Å². The van der Waals surface area contributed by atoms with Gasteiger partial charge in [-0.15, -0.1) is 0 Å². The number of imidazole rings is 1. The van der Waals surface area contributed by atoms with Crippen molar-refractivity contribution in [2.75, 3.05) is 20.6 Å². The minimum atomic E-state index is -3.54. The van der Waals surface area contributed by atoms with Gasteiger partial charge in [-0.1, -0.05) is 20.3 Å². The largest absolute Gasteiger partial charge is 0.356 e. The highest BCUT2D eigenvalue weighted by atomic mass is 32.2. The molecule has 1 atom stereocenters. The predicted molar refractivity (Wildman–Crippen MR) is 128 cm³/mol. The highest BCUT2D eigenvalue weighted by Crippen LogP contribution is 2.23. The topological polar surface area (TPSA) is 102 Å². The number of aromatic nitrogens is 4. The summed E-state index contributed by atoms with van der Waals surface area (Å²) in [5, 5.41) is 7.20. The van der Waals surface area contributed by atoms with E-state index in [1.165, 1.54) is 18.4 Å². The van der Waals surface area contributed by atoms with E-state index in [0.717, 1.165) is 37.3 Å². The summed E-state index contributed by atoms with van der Waals surface area (Å²) in [4.78, 5) is 17.4. The molecule has 1 unspecified atom stereocenters. The highest BCUT2D eigenvalue weighted by molar-refractivity contribution is 7.89. The van der Waals surface area contributed by atoms with Crippen molar-refractivity contribution in [3.63, 3.8) is 0 Å². The zero-order chi connectivity index (χ0) is 24.0. The third-order valence-electron chi connectivity index (χ3n) is 5.59. The number of nitrogens with one attached hydrogen (secondary N) is 1. The Bertz CT molecular complexity index is 1170. The number of aryl methyl sites for hydroxylation is 2. The average Bonchev–Trinajstić information content (AvgIpc) is 3.41. The Balaban J connectivity index is 1.69. The molecule has 3 aromatic rings. The molecule has 2 heterocycles. The molecule has 2 aromatic heterocycles. The van der Waals surface area contributed by atoms with Crippen LogP contribution in [0.25, 0.3) is 11.0 Å². The number of carbonyl (C=O) groups is 1. The summed E-state index contributed by atoms with van der Waals surface area (Å²) in [7, 11) is -0.509. The summed E-state index contributed by atoms with van der Waals surface area (Å²) in [6, 6.07) is 6.94. The number of hydrogen-bond donors (Lipinski definition) is 1. The fourth-order valence-electron chi connectivity index (χ4n) is 3.68. The summed E-state index contributed by atoms with van der Waals surface area (Å²) in [6.45, 7) is 6.31. The van der Waals surface area contributed by atoms with Gasteiger partial charge in [0.15, 0.2) is 0 Å². The van der Waals surface area contributed by atoms with Crippen molar-refractivity contribution in [1.29, 1.82) is 0 Å². The lowest BCUT2D eigenvalue weighted by molar-refractivity contribution is -0.121. The molecule has 0 fully saturated rings. The van der Waals surface area contributed by atoms with E-state index in [4.69, 9.17) is 4.98 Å². The average molecular weight is 475 g/mol. The van der Waals surface area contributed by atoms with Crippen molar-refractivity contribution < 1.29 is 13.2 Å². The van der Waals surface area contributed by atoms with Gasteiger partial charge in [0.1, 0.15) is 5.82 Å². The molecule has 33 heavy (non-hydrogen) atoms. The molecule has 1 amide bonds. The number of unbranched alkanes of at least 4 members (excludes halogenated alkanes) is 1. The number of rotatable bonds is 12. The molecule has 10 heteroatoms. The zero-order valence-corrected chi connectivity index (χ0v) is 20.7. The fraction of sp³-hybridized carbons (Fsp3) is 0.522. The number of fused-ring (bicyclic) bond motifs is 1. The smallest absolute Gasteiger partial charge is 0.242 e. The molecule has 3 rings (SSSR count). The Hall–Kier alpha value is -2.72. The lowest BCUT2D eigenvalue weighted by Crippen LogP contribution is -2.30. The van der Waals surface area contributed by atoms with E-state index in [2.05, 4.69) is 28.8 Å². The van der Waals surface area contributed by atoms with Crippen LogP contribution in [-0.4, -0.2) is 58.6 Å². The van der Waals surface area contributed by atoms with Gasteiger partial charge in [-0.25, -0.2) is 17.7 Å². The van der Waals surface area contributed by atoms with Crippen LogP contribution in [0.15, 0.2) is 41.6 Å². The Morgan fingerprint density at radius 1 is 1.27 bits per heavy atom. The SMILES string of the molecule is CCCCn1c(CCC(=O)NCC(C)Cn2cccn2)nc2cc(S(=O)(=O)N(C)C)ccc21. The van der Waals surface area contributed by atoms with Crippen LogP contribution in [0.4, 0.5) is 0 Å². The normalized spacial score (nSPS) is 13.0. The minimum absolute atomic E-state index is 0.0210. The van der Waals surface area contributed by atoms with Gasteiger partial charge in [0.05, 0.1) is 15.9 Å². The molecule has 0 aliphatic carbocycles. The zero-order valence-electron chi connectivity index (χ0n) is 19.9. The third-order valence-corrected chi connectivity index (χ3v) is 7.40. The molecular formula is C23H34N6O3S. The maximum Gasteiger partial charge on any atom is 0.242 e. The Morgan fingerprint density at radius 3 is 2.73 bits per heavy atom. The molecule has 1 aromatic carbocycles. The Labute approximate surface area is 195 Å². The first-order valence-electron chi connectivity index (χ1n) is 11.4. The highest BCUT2D eigenvalue weighted by Gasteiger charge is 2.20. The Kier molecular flexibility index (Phi) is 8.25. The van der Waals surface area contributed by atoms with Gasteiger partial charge in [-0.05, 0) is 36.6 Å². The predicted octanol–water partition coefficient (Wildman–Crippen LogP) is 2.67.